The Hall–Kier alpha value is -0.180. The lowest BCUT2D eigenvalue weighted by Gasteiger charge is -1.97. The Kier molecular flexibility index (Phi) is 2.47. The van der Waals surface area contributed by atoms with Crippen LogP contribution in [0.3, 0.4) is 0 Å². The molecule has 60 valence electrons. The van der Waals surface area contributed by atoms with Gasteiger partial charge in [-0.25, -0.2) is 0 Å². The second-order valence-corrected chi connectivity index (χ2v) is 3.13. The summed E-state index contributed by atoms with van der Waals surface area (Å²) in [6, 6.07) is 1.47. The van der Waals surface area contributed by atoms with E-state index in [9.17, 15) is 4.79 Å². The van der Waals surface area contributed by atoms with Crippen molar-refractivity contribution in [3.05, 3.63) is 21.9 Å². The Morgan fingerprint density at radius 1 is 1.55 bits per heavy atom. The van der Waals surface area contributed by atoms with Gasteiger partial charge in [-0.3, -0.25) is 4.79 Å². The first kappa shape index (κ1) is 8.91. The number of carbonyl (C=O) groups is 1. The van der Waals surface area contributed by atoms with Crippen LogP contribution in [0, 0.1) is 0 Å². The zero-order valence-electron chi connectivity index (χ0n) is 5.57. The molecule has 5 heteroatoms. The van der Waals surface area contributed by atoms with Crippen molar-refractivity contribution in [3.8, 4) is 0 Å². The third-order valence-corrected chi connectivity index (χ3v) is 2.14. The van der Waals surface area contributed by atoms with Gasteiger partial charge in [-0.2, -0.15) is 0 Å². The van der Waals surface area contributed by atoms with Gasteiger partial charge in [0.2, 0.25) is 0 Å². The van der Waals surface area contributed by atoms with Crippen molar-refractivity contribution in [2.45, 2.75) is 0 Å². The molecule has 0 saturated heterocycles. The summed E-state index contributed by atoms with van der Waals surface area (Å²) in [6.07, 6.45) is 0. The molecule has 0 unspecified atom stereocenters. The van der Waals surface area contributed by atoms with E-state index in [1.165, 1.54) is 10.6 Å². The molecular weight excluding hydrogens is 208 g/mol. The van der Waals surface area contributed by atoms with Crippen LogP contribution in [-0.2, 0) is 7.05 Å². The monoisotopic (exact) mass is 211 g/mol. The van der Waals surface area contributed by atoms with Gasteiger partial charge < -0.3 is 4.57 Å². The molecule has 1 heterocycles. The highest BCUT2D eigenvalue weighted by atomic mass is 35.5. The Morgan fingerprint density at radius 2 is 2.09 bits per heavy atom. The fourth-order valence-electron chi connectivity index (χ4n) is 0.763. The lowest BCUT2D eigenvalue weighted by atomic mass is 10.5. The van der Waals surface area contributed by atoms with Crippen LogP contribution in [0.1, 0.15) is 10.5 Å². The van der Waals surface area contributed by atoms with Crippen molar-refractivity contribution in [2.24, 2.45) is 7.05 Å². The third kappa shape index (κ3) is 1.53. The number of hydrogen-bond donors (Lipinski definition) is 0. The topological polar surface area (TPSA) is 22.0 Å². The molecule has 0 aliphatic heterocycles. The fraction of sp³-hybridized carbons (Fsp3) is 0.167. The zero-order valence-corrected chi connectivity index (χ0v) is 7.83. The molecule has 2 nitrogen and oxygen atoms in total. The summed E-state index contributed by atoms with van der Waals surface area (Å²) < 4.78 is 1.43. The molecular formula is C6H4Cl3NO. The van der Waals surface area contributed by atoms with E-state index in [1.807, 2.05) is 0 Å². The van der Waals surface area contributed by atoms with Gasteiger partial charge in [0.05, 0.1) is 5.02 Å². The minimum absolute atomic E-state index is 0.221. The standard InChI is InChI=1S/C6H4Cl3NO/c1-10-4(8)2-3(7)5(10)6(9)11/h2H,1H3. The van der Waals surface area contributed by atoms with E-state index in [0.717, 1.165) is 0 Å². The highest BCUT2D eigenvalue weighted by Crippen LogP contribution is 2.24. The minimum Gasteiger partial charge on any atom is -0.330 e. The first-order chi connectivity index (χ1) is 5.04. The first-order valence-corrected chi connectivity index (χ1v) is 3.88. The van der Waals surface area contributed by atoms with Gasteiger partial charge in [0, 0.05) is 7.05 Å². The molecule has 0 amide bonds. The van der Waals surface area contributed by atoms with Crippen LogP contribution in [0.2, 0.25) is 10.2 Å². The fourth-order valence-corrected chi connectivity index (χ4v) is 1.60. The van der Waals surface area contributed by atoms with Crippen LogP contribution < -0.4 is 0 Å². The number of halogens is 3. The number of hydrogen-bond acceptors (Lipinski definition) is 1. The summed E-state index contributed by atoms with van der Waals surface area (Å²) in [6.45, 7) is 0. The quantitative estimate of drug-likeness (QED) is 0.656. The molecule has 11 heavy (non-hydrogen) atoms. The van der Waals surface area contributed by atoms with Gasteiger partial charge in [0.25, 0.3) is 5.24 Å². The van der Waals surface area contributed by atoms with Crippen LogP contribution in [0.25, 0.3) is 0 Å². The van der Waals surface area contributed by atoms with Crippen molar-refractivity contribution in [1.29, 1.82) is 0 Å². The van der Waals surface area contributed by atoms with Crippen molar-refractivity contribution >= 4 is 40.0 Å². The second-order valence-electron chi connectivity index (χ2n) is 2.00. The van der Waals surface area contributed by atoms with Crippen molar-refractivity contribution < 1.29 is 4.79 Å². The van der Waals surface area contributed by atoms with Crippen molar-refractivity contribution in [2.75, 3.05) is 0 Å². The SMILES string of the molecule is Cn1c(Cl)cc(Cl)c1C(=O)Cl. The zero-order chi connectivity index (χ0) is 8.59. The van der Waals surface area contributed by atoms with Crippen molar-refractivity contribution in [1.82, 2.24) is 4.57 Å². The molecule has 0 N–H and O–H groups in total. The predicted octanol–water partition coefficient (Wildman–Crippen LogP) is 2.71. The Balaban J connectivity index is 3.34. The third-order valence-electron chi connectivity index (χ3n) is 1.31. The summed E-state index contributed by atoms with van der Waals surface area (Å²) >= 11 is 16.5. The number of carbonyl (C=O) groups excluding carboxylic acids is 1. The van der Waals surface area contributed by atoms with Gasteiger partial charge in [-0.15, -0.1) is 0 Å². The number of rotatable bonds is 1. The van der Waals surface area contributed by atoms with Crippen molar-refractivity contribution in [3.63, 3.8) is 0 Å². The van der Waals surface area contributed by atoms with Gasteiger partial charge in [0.15, 0.2) is 0 Å². The van der Waals surface area contributed by atoms with Crippen LogP contribution in [0.5, 0.6) is 0 Å². The van der Waals surface area contributed by atoms with Crippen LogP contribution in [0.15, 0.2) is 6.07 Å². The average molecular weight is 212 g/mol. The molecule has 0 radical (unpaired) electrons. The van der Waals surface area contributed by atoms with E-state index in [-0.39, 0.29) is 10.7 Å². The summed E-state index contributed by atoms with van der Waals surface area (Å²) in [4.78, 5) is 10.7. The normalized spacial score (nSPS) is 10.2. The largest absolute Gasteiger partial charge is 0.330 e. The summed E-state index contributed by atoms with van der Waals surface area (Å²) in [5.74, 6) is 0. The van der Waals surface area contributed by atoms with Gasteiger partial charge in [-0.1, -0.05) is 23.2 Å². The second kappa shape index (κ2) is 3.05. The molecule has 1 aromatic rings. The maximum absolute atomic E-state index is 10.7. The molecule has 0 bridgehead atoms. The minimum atomic E-state index is -0.607. The molecule has 0 aliphatic carbocycles. The van der Waals surface area contributed by atoms with E-state index in [1.54, 1.807) is 7.05 Å². The molecule has 1 aromatic heterocycles. The summed E-state index contributed by atoms with van der Waals surface area (Å²) in [7, 11) is 1.61. The van der Waals surface area contributed by atoms with Gasteiger partial charge in [0.1, 0.15) is 10.8 Å². The molecule has 0 aromatic carbocycles. The lowest BCUT2D eigenvalue weighted by Crippen LogP contribution is -1.99. The molecule has 0 fully saturated rings. The Labute approximate surface area is 78.7 Å². The molecule has 1 rings (SSSR count). The number of aromatic nitrogens is 1. The van der Waals surface area contributed by atoms with E-state index >= 15 is 0 Å². The van der Waals surface area contributed by atoms with E-state index in [2.05, 4.69) is 0 Å². The maximum Gasteiger partial charge on any atom is 0.270 e. The highest BCUT2D eigenvalue weighted by Gasteiger charge is 2.14. The molecule has 0 spiro atoms. The smallest absolute Gasteiger partial charge is 0.270 e. The lowest BCUT2D eigenvalue weighted by molar-refractivity contribution is 0.107. The molecule has 0 aliphatic rings. The Morgan fingerprint density at radius 3 is 2.27 bits per heavy atom. The summed E-state index contributed by atoms with van der Waals surface area (Å²) in [5.41, 5.74) is 0.221. The maximum atomic E-state index is 10.7. The van der Waals surface area contributed by atoms with E-state index < -0.39 is 5.24 Å². The molecule has 0 saturated carbocycles. The van der Waals surface area contributed by atoms with Gasteiger partial charge >= 0.3 is 0 Å². The Bertz CT molecular complexity index is 305. The average Bonchev–Trinajstić information content (AvgIpc) is 2.07. The first-order valence-electron chi connectivity index (χ1n) is 2.74. The van der Waals surface area contributed by atoms with Crippen LogP contribution >= 0.6 is 34.8 Å². The van der Waals surface area contributed by atoms with Crippen LogP contribution in [0.4, 0.5) is 0 Å². The molecule has 0 atom stereocenters. The predicted molar refractivity (Wildman–Crippen MR) is 45.6 cm³/mol. The number of nitrogens with zero attached hydrogens (tertiary/aromatic N) is 1. The van der Waals surface area contributed by atoms with E-state index in [4.69, 9.17) is 34.8 Å². The van der Waals surface area contributed by atoms with Crippen LogP contribution in [-0.4, -0.2) is 9.81 Å². The highest BCUT2D eigenvalue weighted by molar-refractivity contribution is 6.68. The van der Waals surface area contributed by atoms with Gasteiger partial charge in [-0.05, 0) is 17.7 Å². The van der Waals surface area contributed by atoms with E-state index in [0.29, 0.717) is 5.15 Å². The summed E-state index contributed by atoms with van der Waals surface area (Å²) in [5, 5.41) is 0.0564.